The van der Waals surface area contributed by atoms with Crippen molar-refractivity contribution < 1.29 is 0 Å². The van der Waals surface area contributed by atoms with E-state index in [1.54, 1.807) is 0 Å². The normalized spacial score (nSPS) is 14.0. The number of aromatic nitrogens is 2. The molecule has 0 saturated carbocycles. The van der Waals surface area contributed by atoms with Crippen LogP contribution in [0.1, 0.15) is 22.3 Å². The van der Waals surface area contributed by atoms with Crippen LogP contribution in [0.3, 0.4) is 0 Å². The first-order valence-electron chi connectivity index (χ1n) is 26.1. The van der Waals surface area contributed by atoms with Crippen LogP contribution in [0.2, 0.25) is 0 Å². The van der Waals surface area contributed by atoms with E-state index >= 15 is 0 Å². The topological polar surface area (TPSA) is 16.3 Å². The minimum Gasteiger partial charge on any atom is -0.310 e. The van der Waals surface area contributed by atoms with Crippen molar-refractivity contribution in [1.82, 2.24) is 9.13 Å². The van der Waals surface area contributed by atoms with Crippen molar-refractivity contribution in [2.24, 2.45) is 0 Å². The van der Waals surface area contributed by atoms with Gasteiger partial charge in [0.1, 0.15) is 0 Å². The first-order chi connectivity index (χ1) is 38.2. The number of benzene rings is 10. The number of rotatable bonds is 4. The largest absolute Gasteiger partial charge is 0.310 e. The fourth-order valence-corrected chi connectivity index (χ4v) is 18.2. The van der Waals surface area contributed by atoms with E-state index in [4.69, 9.17) is 0 Å². The minimum atomic E-state index is -0.568. The molecule has 10 aromatic carbocycles. The van der Waals surface area contributed by atoms with Gasteiger partial charge < -0.3 is 18.9 Å². The fourth-order valence-electron chi connectivity index (χ4n) is 13.7. The number of thiophene rings is 3. The summed E-state index contributed by atoms with van der Waals surface area (Å²) in [6, 6.07) is 86.5. The van der Waals surface area contributed by atoms with E-state index in [9.17, 15) is 0 Å². The Balaban J connectivity index is 0.900. The summed E-state index contributed by atoms with van der Waals surface area (Å²) in [5, 5.41) is 12.3. The molecule has 1 spiro atoms. The summed E-state index contributed by atoms with van der Waals surface area (Å²) in [6.07, 6.45) is 0. The first kappa shape index (κ1) is 42.6. The average Bonchev–Trinajstić information content (AvgIpc) is 4.55. The Hall–Kier alpha value is -8.63. The molecule has 0 saturated heterocycles. The molecule has 0 radical (unpaired) electrons. The predicted octanol–water partition coefficient (Wildman–Crippen LogP) is 20.5. The zero-order valence-corrected chi connectivity index (χ0v) is 44.3. The van der Waals surface area contributed by atoms with Crippen molar-refractivity contribution >= 4 is 144 Å². The average molecular weight is 1050 g/mol. The fraction of sp³-hybridized carbons (Fsp3) is 0.0145. The number of para-hydroxylation sites is 6. The number of hydrogen-bond donors (Lipinski definition) is 0. The third-order valence-electron chi connectivity index (χ3n) is 16.7. The van der Waals surface area contributed by atoms with E-state index in [-0.39, 0.29) is 0 Å². The van der Waals surface area contributed by atoms with Gasteiger partial charge in [-0.25, -0.2) is 0 Å². The molecule has 360 valence electrons. The lowest BCUT2D eigenvalue weighted by molar-refractivity contribution is 0.764. The van der Waals surface area contributed by atoms with Crippen LogP contribution in [-0.4, -0.2) is 9.13 Å². The second-order valence-corrected chi connectivity index (χ2v) is 24.2. The lowest BCUT2D eigenvalue weighted by Crippen LogP contribution is -2.36. The van der Waals surface area contributed by atoms with Gasteiger partial charge in [-0.15, -0.1) is 34.0 Å². The summed E-state index contributed by atoms with van der Waals surface area (Å²) in [4.78, 5) is 10.2. The highest BCUT2D eigenvalue weighted by Gasteiger charge is 2.54. The van der Waals surface area contributed by atoms with Crippen LogP contribution >= 0.6 is 45.8 Å². The van der Waals surface area contributed by atoms with Crippen molar-refractivity contribution in [2.75, 3.05) is 9.80 Å². The summed E-state index contributed by atoms with van der Waals surface area (Å²) in [5.74, 6) is 0. The predicted molar refractivity (Wildman–Crippen MR) is 328 cm³/mol. The molecule has 77 heavy (non-hydrogen) atoms. The summed E-state index contributed by atoms with van der Waals surface area (Å²) in [6.45, 7) is 0. The molecule has 1 aliphatic carbocycles. The maximum atomic E-state index is 2.58. The van der Waals surface area contributed by atoms with Gasteiger partial charge >= 0.3 is 0 Å². The maximum Gasteiger partial charge on any atom is 0.0778 e. The molecule has 0 N–H and O–H groups in total. The quantitative estimate of drug-likeness (QED) is 0.175. The molecular formula is C69H40N4S4. The van der Waals surface area contributed by atoms with Crippen LogP contribution in [0.4, 0.5) is 34.1 Å². The molecule has 0 atom stereocenters. The van der Waals surface area contributed by atoms with E-state index in [0.717, 1.165) is 11.4 Å². The van der Waals surface area contributed by atoms with Gasteiger partial charge in [-0.1, -0.05) is 133 Å². The van der Waals surface area contributed by atoms with E-state index < -0.39 is 5.41 Å². The monoisotopic (exact) mass is 1050 g/mol. The van der Waals surface area contributed by atoms with E-state index in [1.807, 2.05) is 45.8 Å². The van der Waals surface area contributed by atoms with Crippen LogP contribution in [0, 0.1) is 0 Å². The molecule has 5 aromatic heterocycles. The van der Waals surface area contributed by atoms with E-state index in [1.165, 1.54) is 140 Å². The lowest BCUT2D eigenvalue weighted by Gasteiger charge is -2.45. The van der Waals surface area contributed by atoms with E-state index in [0.29, 0.717) is 0 Å². The number of fused-ring (bicyclic) bond motifs is 21. The Bertz CT molecular complexity index is 4870. The SMILES string of the molecule is c1ccc2c(c1)Sc1ccccc1N2c1ccc(N2c3ccccc3C3(c4ccsc4-c4sccc43)c3c2ccc2c3c3ccccc3n2-c2cccc3c2sc2c(-n4c5ccccc5c5ccccc54)cccc23)cc1. The van der Waals surface area contributed by atoms with Crippen molar-refractivity contribution in [3.63, 3.8) is 0 Å². The third-order valence-corrected chi connectivity index (χ3v) is 21.1. The van der Waals surface area contributed by atoms with Gasteiger partial charge in [-0.2, -0.15) is 0 Å². The molecule has 18 rings (SSSR count). The van der Waals surface area contributed by atoms with Gasteiger partial charge in [0, 0.05) is 68.8 Å². The minimum absolute atomic E-state index is 0.568. The van der Waals surface area contributed by atoms with Gasteiger partial charge in [0.05, 0.1) is 71.0 Å². The van der Waals surface area contributed by atoms with Gasteiger partial charge in [0.25, 0.3) is 0 Å². The van der Waals surface area contributed by atoms with Crippen LogP contribution in [0.25, 0.3) is 84.9 Å². The highest BCUT2D eigenvalue weighted by atomic mass is 32.2. The molecule has 0 bridgehead atoms. The number of anilines is 6. The van der Waals surface area contributed by atoms with Gasteiger partial charge in [0.15, 0.2) is 0 Å². The van der Waals surface area contributed by atoms with Crippen molar-refractivity contribution in [3.8, 4) is 21.1 Å². The van der Waals surface area contributed by atoms with E-state index in [2.05, 4.69) is 260 Å². The summed E-state index contributed by atoms with van der Waals surface area (Å²) in [5.41, 5.74) is 19.1. The van der Waals surface area contributed by atoms with Crippen LogP contribution < -0.4 is 9.80 Å². The van der Waals surface area contributed by atoms with Crippen molar-refractivity contribution in [1.29, 1.82) is 0 Å². The number of nitrogens with zero attached hydrogens (tertiary/aromatic N) is 4. The summed E-state index contributed by atoms with van der Waals surface area (Å²) < 4.78 is 7.62. The first-order valence-corrected chi connectivity index (χ1v) is 29.4. The Morgan fingerprint density at radius 3 is 1.36 bits per heavy atom. The number of hydrogen-bond acceptors (Lipinski definition) is 6. The third kappa shape index (κ3) is 5.52. The summed E-state index contributed by atoms with van der Waals surface area (Å²) >= 11 is 7.52. The van der Waals surface area contributed by atoms with Gasteiger partial charge in [0.2, 0.25) is 0 Å². The Labute approximate surface area is 459 Å². The molecule has 8 heteroatoms. The maximum absolute atomic E-state index is 2.58. The van der Waals surface area contributed by atoms with Crippen molar-refractivity contribution in [3.05, 3.63) is 264 Å². The second kappa shape index (κ2) is 15.7. The molecule has 3 aliphatic rings. The standard InChI is InChI=1S/C69H40N4S4/c1-5-21-51-43(15-1)44-16-2-6-22-52(44)72(51)59-27-13-18-45-46-19-14-28-60(66(46)77-65(45)59)73-53-23-7-3-17-47(53)63-57(73)35-36-58-64(63)69(49-37-39-74-67(49)68-50(69)38-40-75-68)48-20-4-8-24-54(48)70(58)41-31-33-42(34-32-41)71-55-25-9-11-29-61(55)76-62-30-12-10-26-56(62)71/h1-40H. The molecule has 0 unspecified atom stereocenters. The molecule has 7 heterocycles. The Kier molecular flexibility index (Phi) is 8.70. The van der Waals surface area contributed by atoms with Crippen LogP contribution in [-0.2, 0) is 5.41 Å². The molecule has 2 aliphatic heterocycles. The van der Waals surface area contributed by atoms with Gasteiger partial charge in [-0.05, 0) is 137 Å². The van der Waals surface area contributed by atoms with Crippen molar-refractivity contribution in [2.45, 2.75) is 15.2 Å². The zero-order chi connectivity index (χ0) is 50.1. The van der Waals surface area contributed by atoms with Crippen LogP contribution in [0.15, 0.2) is 251 Å². The highest BCUT2D eigenvalue weighted by Crippen LogP contribution is 2.67. The van der Waals surface area contributed by atoms with Gasteiger partial charge in [-0.3, -0.25) is 0 Å². The molecular weight excluding hydrogens is 1010 g/mol. The molecule has 4 nitrogen and oxygen atoms in total. The Morgan fingerprint density at radius 1 is 0.312 bits per heavy atom. The zero-order valence-electron chi connectivity index (χ0n) is 41.0. The van der Waals surface area contributed by atoms with Crippen LogP contribution in [0.5, 0.6) is 0 Å². The summed E-state index contributed by atoms with van der Waals surface area (Å²) in [7, 11) is 0. The highest BCUT2D eigenvalue weighted by molar-refractivity contribution is 7.99. The lowest BCUT2D eigenvalue weighted by atomic mass is 9.64. The smallest absolute Gasteiger partial charge is 0.0778 e. The molecule has 0 amide bonds. The Morgan fingerprint density at radius 2 is 0.766 bits per heavy atom. The molecule has 15 aromatic rings. The molecule has 0 fully saturated rings. The second-order valence-electron chi connectivity index (χ2n) is 20.3.